The minimum atomic E-state index is 0.0455. The first-order valence-corrected chi connectivity index (χ1v) is 6.40. The van der Waals surface area contributed by atoms with Crippen molar-refractivity contribution in [2.45, 2.75) is 20.0 Å². The Morgan fingerprint density at radius 1 is 1.67 bits per heavy atom. The van der Waals surface area contributed by atoms with Gasteiger partial charge in [0, 0.05) is 29.5 Å². The monoisotopic (exact) mass is 240 g/mol. The van der Waals surface area contributed by atoms with Crippen molar-refractivity contribution in [3.05, 3.63) is 21.9 Å². The van der Waals surface area contributed by atoms with Crippen molar-refractivity contribution >= 4 is 28.2 Å². The van der Waals surface area contributed by atoms with Gasteiger partial charge in [-0.1, -0.05) is 23.6 Å². The fraction of sp³-hybridized carbons (Fsp3) is 0.364. The van der Waals surface area contributed by atoms with Crippen LogP contribution in [-0.4, -0.2) is 16.0 Å². The predicted octanol–water partition coefficient (Wildman–Crippen LogP) is 2.26. The Kier molecular flexibility index (Phi) is 5.48. The molecule has 15 heavy (non-hydrogen) atoms. The lowest BCUT2D eigenvalue weighted by Gasteiger charge is -1.90. The quantitative estimate of drug-likeness (QED) is 0.650. The topological polar surface area (TPSA) is 37.3 Å². The first kappa shape index (κ1) is 12.3. The third-order valence-corrected chi connectivity index (χ3v) is 3.36. The maximum absolute atomic E-state index is 10.6. The molecule has 0 saturated heterocycles. The van der Waals surface area contributed by atoms with Gasteiger partial charge in [-0.3, -0.25) is 4.79 Å². The fourth-order valence-electron chi connectivity index (χ4n) is 0.978. The van der Waals surface area contributed by atoms with Crippen LogP contribution in [0.5, 0.6) is 0 Å². The normalized spacial score (nSPS) is 9.47. The zero-order valence-electron chi connectivity index (χ0n) is 8.45. The van der Waals surface area contributed by atoms with Gasteiger partial charge in [0.15, 0.2) is 5.12 Å². The molecule has 1 aromatic heterocycles. The molecule has 0 saturated carbocycles. The minimum absolute atomic E-state index is 0.0455. The van der Waals surface area contributed by atoms with Gasteiger partial charge in [-0.2, -0.15) is 0 Å². The SMILES string of the molecule is CC(=O)SCCC#Cc1ccsc1CO. The molecule has 2 nitrogen and oxygen atoms in total. The van der Waals surface area contributed by atoms with E-state index in [1.165, 1.54) is 23.1 Å². The highest BCUT2D eigenvalue weighted by atomic mass is 32.2. The summed E-state index contributed by atoms with van der Waals surface area (Å²) in [7, 11) is 0. The van der Waals surface area contributed by atoms with E-state index in [2.05, 4.69) is 11.8 Å². The summed E-state index contributed by atoms with van der Waals surface area (Å²) in [5.74, 6) is 6.72. The zero-order chi connectivity index (χ0) is 11.1. The molecule has 0 spiro atoms. The van der Waals surface area contributed by atoms with Crippen molar-refractivity contribution in [3.8, 4) is 11.8 Å². The van der Waals surface area contributed by atoms with Crippen LogP contribution in [0.2, 0.25) is 0 Å². The van der Waals surface area contributed by atoms with Crippen molar-refractivity contribution in [2.24, 2.45) is 0 Å². The summed E-state index contributed by atoms with van der Waals surface area (Å²) in [4.78, 5) is 11.5. The highest BCUT2D eigenvalue weighted by Gasteiger charge is 1.98. The van der Waals surface area contributed by atoms with E-state index >= 15 is 0 Å². The highest BCUT2D eigenvalue weighted by Crippen LogP contribution is 2.15. The molecule has 0 bridgehead atoms. The average molecular weight is 240 g/mol. The van der Waals surface area contributed by atoms with Gasteiger partial charge >= 0.3 is 0 Å². The van der Waals surface area contributed by atoms with Crippen LogP contribution >= 0.6 is 23.1 Å². The van der Waals surface area contributed by atoms with Crippen molar-refractivity contribution in [1.29, 1.82) is 0 Å². The molecule has 0 aliphatic heterocycles. The summed E-state index contributed by atoms with van der Waals surface area (Å²) < 4.78 is 0. The van der Waals surface area contributed by atoms with Gasteiger partial charge in [-0.05, 0) is 11.4 Å². The van der Waals surface area contributed by atoms with Crippen molar-refractivity contribution in [1.82, 2.24) is 0 Å². The molecule has 0 amide bonds. The number of aliphatic hydroxyl groups is 1. The molecule has 0 radical (unpaired) electrons. The van der Waals surface area contributed by atoms with Crippen LogP contribution in [0.15, 0.2) is 11.4 Å². The van der Waals surface area contributed by atoms with Crippen molar-refractivity contribution in [2.75, 3.05) is 5.75 Å². The van der Waals surface area contributed by atoms with Crippen LogP contribution < -0.4 is 0 Å². The third-order valence-electron chi connectivity index (χ3n) is 1.64. The molecule has 1 N–H and O–H groups in total. The van der Waals surface area contributed by atoms with Gasteiger partial charge in [0.2, 0.25) is 0 Å². The number of rotatable bonds is 3. The summed E-state index contributed by atoms with van der Waals surface area (Å²) >= 11 is 2.80. The number of carbonyl (C=O) groups excluding carboxylic acids is 1. The second kappa shape index (κ2) is 6.67. The number of carbonyl (C=O) groups is 1. The zero-order valence-corrected chi connectivity index (χ0v) is 10.1. The van der Waals surface area contributed by atoms with Gasteiger partial charge in [-0.25, -0.2) is 0 Å². The lowest BCUT2D eigenvalue weighted by Crippen LogP contribution is -1.84. The fourth-order valence-corrected chi connectivity index (χ4v) is 2.16. The number of thiophene rings is 1. The van der Waals surface area contributed by atoms with Crippen LogP contribution in [0.25, 0.3) is 0 Å². The second-order valence-electron chi connectivity index (χ2n) is 2.81. The lowest BCUT2D eigenvalue weighted by atomic mass is 10.2. The molecule has 0 aliphatic carbocycles. The molecule has 0 aromatic carbocycles. The molecular formula is C11H12O2S2. The summed E-state index contributed by atoms with van der Waals surface area (Å²) in [5, 5.41) is 11.0. The number of aliphatic hydroxyl groups excluding tert-OH is 1. The molecule has 4 heteroatoms. The van der Waals surface area contributed by atoms with Crippen LogP contribution in [0.3, 0.4) is 0 Å². The number of hydrogen-bond acceptors (Lipinski definition) is 4. The van der Waals surface area contributed by atoms with E-state index in [4.69, 9.17) is 5.11 Å². The molecular weight excluding hydrogens is 228 g/mol. The van der Waals surface area contributed by atoms with E-state index in [1.807, 2.05) is 11.4 Å². The molecule has 0 fully saturated rings. The lowest BCUT2D eigenvalue weighted by molar-refractivity contribution is -0.109. The summed E-state index contributed by atoms with van der Waals surface area (Å²) in [6.45, 7) is 1.60. The molecule has 0 aliphatic rings. The molecule has 1 heterocycles. The van der Waals surface area contributed by atoms with E-state index in [0.717, 1.165) is 16.2 Å². The maximum Gasteiger partial charge on any atom is 0.185 e. The Bertz CT molecular complexity index is 385. The Morgan fingerprint density at radius 3 is 3.13 bits per heavy atom. The van der Waals surface area contributed by atoms with E-state index in [9.17, 15) is 4.79 Å². The van der Waals surface area contributed by atoms with Crippen LogP contribution in [0.4, 0.5) is 0 Å². The van der Waals surface area contributed by atoms with Crippen LogP contribution in [0.1, 0.15) is 23.8 Å². The average Bonchev–Trinajstić information content (AvgIpc) is 2.64. The largest absolute Gasteiger partial charge is 0.391 e. The summed E-state index contributed by atoms with van der Waals surface area (Å²) in [6.07, 6.45) is 0.699. The van der Waals surface area contributed by atoms with Crippen molar-refractivity contribution < 1.29 is 9.90 Å². The Hall–Kier alpha value is -0.760. The highest BCUT2D eigenvalue weighted by molar-refractivity contribution is 8.13. The number of hydrogen-bond donors (Lipinski definition) is 1. The third kappa shape index (κ3) is 4.52. The number of thioether (sulfide) groups is 1. The molecule has 1 rings (SSSR count). The van der Waals surface area contributed by atoms with Gasteiger partial charge in [0.25, 0.3) is 0 Å². The van der Waals surface area contributed by atoms with Crippen LogP contribution in [-0.2, 0) is 11.4 Å². The Labute approximate surface area is 97.7 Å². The molecule has 1 aromatic rings. The van der Waals surface area contributed by atoms with Crippen molar-refractivity contribution in [3.63, 3.8) is 0 Å². The van der Waals surface area contributed by atoms with E-state index < -0.39 is 0 Å². The summed E-state index contributed by atoms with van der Waals surface area (Å²) in [5.41, 5.74) is 0.898. The smallest absolute Gasteiger partial charge is 0.185 e. The standard InChI is InChI=1S/C11H12O2S2/c1-9(13)14-6-3-2-4-10-5-7-15-11(10)8-12/h5,7,12H,3,6,8H2,1H3. The van der Waals surface area contributed by atoms with E-state index in [-0.39, 0.29) is 11.7 Å². The molecule has 0 atom stereocenters. The van der Waals surface area contributed by atoms with Gasteiger partial charge in [0.1, 0.15) is 0 Å². The minimum Gasteiger partial charge on any atom is -0.391 e. The van der Waals surface area contributed by atoms with Crippen LogP contribution in [0, 0.1) is 11.8 Å². The van der Waals surface area contributed by atoms with Gasteiger partial charge in [-0.15, -0.1) is 11.3 Å². The first-order chi connectivity index (χ1) is 7.24. The van der Waals surface area contributed by atoms with E-state index in [0.29, 0.717) is 6.42 Å². The molecule has 80 valence electrons. The summed E-state index contributed by atoms with van der Waals surface area (Å²) in [6, 6.07) is 1.90. The Morgan fingerprint density at radius 2 is 2.47 bits per heavy atom. The predicted molar refractivity (Wildman–Crippen MR) is 64.9 cm³/mol. The van der Waals surface area contributed by atoms with E-state index in [1.54, 1.807) is 6.92 Å². The first-order valence-electron chi connectivity index (χ1n) is 4.53. The van der Waals surface area contributed by atoms with Gasteiger partial charge < -0.3 is 5.11 Å². The second-order valence-corrected chi connectivity index (χ2v) is 5.08. The molecule has 0 unspecified atom stereocenters. The maximum atomic E-state index is 10.6. The Balaban J connectivity index is 2.41. The van der Waals surface area contributed by atoms with Gasteiger partial charge in [0.05, 0.1) is 6.61 Å².